The minimum absolute atomic E-state index is 0.0199. The van der Waals surface area contributed by atoms with E-state index in [2.05, 4.69) is 0 Å². The van der Waals surface area contributed by atoms with Crippen LogP contribution in [0.1, 0.15) is 13.3 Å². The van der Waals surface area contributed by atoms with Crippen molar-refractivity contribution in [1.82, 2.24) is 0 Å². The second-order valence-electron chi connectivity index (χ2n) is 1.95. The molecule has 0 spiro atoms. The summed E-state index contributed by atoms with van der Waals surface area (Å²) < 4.78 is 0. The summed E-state index contributed by atoms with van der Waals surface area (Å²) in [6, 6.07) is -0.0199. The molecule has 0 aliphatic heterocycles. The zero-order valence-electron chi connectivity index (χ0n) is 5.80. The van der Waals surface area contributed by atoms with Crippen molar-refractivity contribution >= 4 is 0 Å². The fourth-order valence-corrected chi connectivity index (χ4v) is 0.523. The van der Waals surface area contributed by atoms with Gasteiger partial charge in [0.15, 0.2) is 0 Å². The molecule has 0 aromatic heterocycles. The Morgan fingerprint density at radius 2 is 2.22 bits per heavy atom. The summed E-state index contributed by atoms with van der Waals surface area (Å²) in [4.78, 5) is 0. The van der Waals surface area contributed by atoms with E-state index < -0.39 is 0 Å². The third-order valence-electron chi connectivity index (χ3n) is 1.22. The van der Waals surface area contributed by atoms with Crippen molar-refractivity contribution < 1.29 is 0 Å². The second-order valence-corrected chi connectivity index (χ2v) is 1.95. The molecule has 3 heteroatoms. The topological polar surface area (TPSA) is 78.1 Å². The first kappa shape index (κ1) is 8.46. The minimum atomic E-state index is -0.0199. The summed E-state index contributed by atoms with van der Waals surface area (Å²) in [5.74, 6) is 0. The lowest BCUT2D eigenvalue weighted by Crippen LogP contribution is -2.27. The monoisotopic (exact) mass is 129 g/mol. The highest BCUT2D eigenvalue weighted by atomic mass is 14.7. The van der Waals surface area contributed by atoms with E-state index in [-0.39, 0.29) is 6.04 Å². The quantitative estimate of drug-likeness (QED) is 0.482. The molecule has 0 bridgehead atoms. The van der Waals surface area contributed by atoms with Gasteiger partial charge in [-0.25, -0.2) is 0 Å². The molecule has 9 heavy (non-hydrogen) atoms. The van der Waals surface area contributed by atoms with Crippen LogP contribution in [0, 0.1) is 0 Å². The maximum atomic E-state index is 5.55. The van der Waals surface area contributed by atoms with Gasteiger partial charge in [0.05, 0.1) is 0 Å². The fourth-order valence-electron chi connectivity index (χ4n) is 0.523. The third kappa shape index (κ3) is 3.11. The molecule has 0 fully saturated rings. The lowest BCUT2D eigenvalue weighted by Gasteiger charge is -2.07. The molecular formula is C6H15N3. The standard InChI is InChI=1S/C6H15N3/c1-2-5(8)6(9)3-4-7/h3,5H,2,4,7-9H2,1H3. The highest BCUT2D eigenvalue weighted by Crippen LogP contribution is 1.93. The van der Waals surface area contributed by atoms with Gasteiger partial charge in [-0.3, -0.25) is 0 Å². The second kappa shape index (κ2) is 4.35. The molecule has 1 unspecified atom stereocenters. The minimum Gasteiger partial charge on any atom is -0.401 e. The molecule has 0 aliphatic carbocycles. The van der Waals surface area contributed by atoms with E-state index in [9.17, 15) is 0 Å². The van der Waals surface area contributed by atoms with Crippen LogP contribution >= 0.6 is 0 Å². The van der Waals surface area contributed by atoms with Gasteiger partial charge in [-0.2, -0.15) is 0 Å². The molecule has 1 atom stereocenters. The zero-order valence-corrected chi connectivity index (χ0v) is 5.80. The average molecular weight is 129 g/mol. The van der Waals surface area contributed by atoms with Crippen LogP contribution in [0.3, 0.4) is 0 Å². The molecule has 0 amide bonds. The van der Waals surface area contributed by atoms with E-state index in [0.29, 0.717) is 12.2 Å². The summed E-state index contributed by atoms with van der Waals surface area (Å²) in [6.07, 6.45) is 2.61. The maximum Gasteiger partial charge on any atom is 0.0436 e. The van der Waals surface area contributed by atoms with Crippen molar-refractivity contribution in [2.45, 2.75) is 19.4 Å². The Morgan fingerprint density at radius 1 is 1.67 bits per heavy atom. The lowest BCUT2D eigenvalue weighted by molar-refractivity contribution is 0.728. The van der Waals surface area contributed by atoms with Gasteiger partial charge in [0.1, 0.15) is 0 Å². The summed E-state index contributed by atoms with van der Waals surface area (Å²) in [5, 5.41) is 0. The highest BCUT2D eigenvalue weighted by Gasteiger charge is 1.99. The van der Waals surface area contributed by atoms with Crippen LogP contribution in [-0.2, 0) is 0 Å². The molecule has 0 heterocycles. The van der Waals surface area contributed by atoms with E-state index in [0.717, 1.165) is 6.42 Å². The Labute approximate surface area is 55.9 Å². The Balaban J connectivity index is 3.70. The molecule has 0 radical (unpaired) electrons. The van der Waals surface area contributed by atoms with Crippen LogP contribution in [0.15, 0.2) is 11.8 Å². The third-order valence-corrected chi connectivity index (χ3v) is 1.22. The molecular weight excluding hydrogens is 114 g/mol. The molecule has 0 aromatic carbocycles. The van der Waals surface area contributed by atoms with Crippen LogP contribution in [0.4, 0.5) is 0 Å². The fraction of sp³-hybridized carbons (Fsp3) is 0.667. The van der Waals surface area contributed by atoms with Gasteiger partial charge in [0.2, 0.25) is 0 Å². The molecule has 0 saturated heterocycles. The number of hydrogen-bond acceptors (Lipinski definition) is 3. The number of hydrogen-bond donors (Lipinski definition) is 3. The molecule has 6 N–H and O–H groups in total. The Kier molecular flexibility index (Phi) is 4.09. The predicted octanol–water partition coefficient (Wildman–Crippen LogP) is -0.475. The summed E-state index contributed by atoms with van der Waals surface area (Å²) in [7, 11) is 0. The van der Waals surface area contributed by atoms with Crippen molar-refractivity contribution in [3.63, 3.8) is 0 Å². The van der Waals surface area contributed by atoms with Crippen molar-refractivity contribution in [3.8, 4) is 0 Å². The van der Waals surface area contributed by atoms with Gasteiger partial charge in [-0.15, -0.1) is 0 Å². The summed E-state index contributed by atoms with van der Waals surface area (Å²) in [5.41, 5.74) is 17.0. The van der Waals surface area contributed by atoms with Crippen molar-refractivity contribution in [3.05, 3.63) is 11.8 Å². The van der Waals surface area contributed by atoms with Crippen molar-refractivity contribution in [2.24, 2.45) is 17.2 Å². The van der Waals surface area contributed by atoms with Gasteiger partial charge >= 0.3 is 0 Å². The van der Waals surface area contributed by atoms with Crippen LogP contribution in [0.5, 0.6) is 0 Å². The number of nitrogens with two attached hydrogens (primary N) is 3. The number of rotatable bonds is 3. The Hall–Kier alpha value is -0.540. The first-order valence-corrected chi connectivity index (χ1v) is 3.13. The predicted molar refractivity (Wildman–Crippen MR) is 39.6 cm³/mol. The summed E-state index contributed by atoms with van der Waals surface area (Å²) in [6.45, 7) is 2.46. The van der Waals surface area contributed by atoms with E-state index >= 15 is 0 Å². The van der Waals surface area contributed by atoms with Crippen LogP contribution in [0.25, 0.3) is 0 Å². The van der Waals surface area contributed by atoms with Crippen LogP contribution < -0.4 is 17.2 Å². The smallest absolute Gasteiger partial charge is 0.0436 e. The Bertz CT molecular complexity index is 98.5. The molecule has 0 aromatic rings. The van der Waals surface area contributed by atoms with Gasteiger partial charge in [-0.1, -0.05) is 13.0 Å². The molecule has 54 valence electrons. The Morgan fingerprint density at radius 3 is 2.56 bits per heavy atom. The van der Waals surface area contributed by atoms with Gasteiger partial charge in [-0.05, 0) is 6.42 Å². The molecule has 0 aliphatic rings. The lowest BCUT2D eigenvalue weighted by atomic mass is 10.2. The van der Waals surface area contributed by atoms with Crippen LogP contribution in [0.2, 0.25) is 0 Å². The average Bonchev–Trinajstić information content (AvgIpc) is 1.87. The van der Waals surface area contributed by atoms with Crippen molar-refractivity contribution in [1.29, 1.82) is 0 Å². The van der Waals surface area contributed by atoms with Crippen molar-refractivity contribution in [2.75, 3.05) is 6.54 Å². The molecule has 3 nitrogen and oxygen atoms in total. The van der Waals surface area contributed by atoms with Gasteiger partial charge in [0.25, 0.3) is 0 Å². The van der Waals surface area contributed by atoms with E-state index in [1.165, 1.54) is 0 Å². The first-order valence-electron chi connectivity index (χ1n) is 3.13. The first-order chi connectivity index (χ1) is 4.22. The van der Waals surface area contributed by atoms with Gasteiger partial charge in [0, 0.05) is 18.3 Å². The highest BCUT2D eigenvalue weighted by molar-refractivity contribution is 5.04. The molecule has 0 saturated carbocycles. The zero-order chi connectivity index (χ0) is 7.28. The largest absolute Gasteiger partial charge is 0.401 e. The normalized spacial score (nSPS) is 15.7. The summed E-state index contributed by atoms with van der Waals surface area (Å²) >= 11 is 0. The van der Waals surface area contributed by atoms with Gasteiger partial charge < -0.3 is 17.2 Å². The van der Waals surface area contributed by atoms with E-state index in [1.807, 2.05) is 6.92 Å². The molecule has 0 rings (SSSR count). The van der Waals surface area contributed by atoms with E-state index in [1.54, 1.807) is 6.08 Å². The van der Waals surface area contributed by atoms with E-state index in [4.69, 9.17) is 17.2 Å². The SMILES string of the molecule is CCC(N)C(N)=CCN. The maximum absolute atomic E-state index is 5.55. The van der Waals surface area contributed by atoms with Crippen LogP contribution in [-0.4, -0.2) is 12.6 Å².